The van der Waals surface area contributed by atoms with Gasteiger partial charge in [0.05, 0.1) is 5.54 Å². The summed E-state index contributed by atoms with van der Waals surface area (Å²) in [4.78, 5) is 14.6. The van der Waals surface area contributed by atoms with Gasteiger partial charge in [-0.3, -0.25) is 10.1 Å². The van der Waals surface area contributed by atoms with Gasteiger partial charge < -0.3 is 4.90 Å². The standard InChI is InChI=1S/C14H26N2O/c1-11-10-16(13(17)14(2,3)15-11)12-8-6-4-5-7-9-12/h11-12,15H,4-10H2,1-3H3. The molecule has 98 valence electrons. The molecule has 2 rings (SSSR count). The highest BCUT2D eigenvalue weighted by Crippen LogP contribution is 2.26. The van der Waals surface area contributed by atoms with Gasteiger partial charge in [-0.25, -0.2) is 0 Å². The van der Waals surface area contributed by atoms with E-state index < -0.39 is 0 Å². The van der Waals surface area contributed by atoms with Crippen molar-refractivity contribution < 1.29 is 4.79 Å². The zero-order valence-corrected chi connectivity index (χ0v) is 11.5. The molecular weight excluding hydrogens is 212 g/mol. The Morgan fingerprint density at radius 1 is 1.18 bits per heavy atom. The molecule has 17 heavy (non-hydrogen) atoms. The Labute approximate surface area is 105 Å². The van der Waals surface area contributed by atoms with E-state index in [1.807, 2.05) is 13.8 Å². The first-order valence-electron chi connectivity index (χ1n) is 7.09. The van der Waals surface area contributed by atoms with Crippen LogP contribution in [0.3, 0.4) is 0 Å². The van der Waals surface area contributed by atoms with E-state index in [1.165, 1.54) is 38.5 Å². The van der Waals surface area contributed by atoms with Crippen LogP contribution in [0.2, 0.25) is 0 Å². The Balaban J connectivity index is 2.09. The molecule has 0 aromatic heterocycles. The molecule has 0 bridgehead atoms. The largest absolute Gasteiger partial charge is 0.337 e. The van der Waals surface area contributed by atoms with Crippen molar-refractivity contribution in [3.63, 3.8) is 0 Å². The molecule has 0 aromatic rings. The highest BCUT2D eigenvalue weighted by molar-refractivity contribution is 5.86. The summed E-state index contributed by atoms with van der Waals surface area (Å²) in [5.41, 5.74) is -0.385. The number of piperazine rings is 1. The molecule has 3 nitrogen and oxygen atoms in total. The van der Waals surface area contributed by atoms with E-state index in [0.29, 0.717) is 18.0 Å². The van der Waals surface area contributed by atoms with Gasteiger partial charge in [-0.2, -0.15) is 0 Å². The Kier molecular flexibility index (Phi) is 3.76. The molecule has 1 unspecified atom stereocenters. The number of hydrogen-bond acceptors (Lipinski definition) is 2. The summed E-state index contributed by atoms with van der Waals surface area (Å²) in [5, 5.41) is 3.40. The van der Waals surface area contributed by atoms with Crippen LogP contribution in [0, 0.1) is 0 Å². The molecule has 1 amide bonds. The molecule has 3 heteroatoms. The van der Waals surface area contributed by atoms with Crippen molar-refractivity contribution in [1.82, 2.24) is 10.2 Å². The van der Waals surface area contributed by atoms with Crippen molar-refractivity contribution in [2.75, 3.05) is 6.54 Å². The fraction of sp³-hybridized carbons (Fsp3) is 0.929. The molecule has 1 saturated heterocycles. The third kappa shape index (κ3) is 2.82. The second kappa shape index (κ2) is 4.97. The summed E-state index contributed by atoms with van der Waals surface area (Å²) < 4.78 is 0. The van der Waals surface area contributed by atoms with Gasteiger partial charge in [0.15, 0.2) is 0 Å². The minimum atomic E-state index is -0.385. The van der Waals surface area contributed by atoms with Crippen LogP contribution in [0.5, 0.6) is 0 Å². The zero-order chi connectivity index (χ0) is 12.5. The lowest BCUT2D eigenvalue weighted by Crippen LogP contribution is -2.66. The Morgan fingerprint density at radius 3 is 2.35 bits per heavy atom. The monoisotopic (exact) mass is 238 g/mol. The molecule has 0 aromatic carbocycles. The molecule has 2 fully saturated rings. The molecule has 0 radical (unpaired) electrons. The summed E-state index contributed by atoms with van der Waals surface area (Å²) in [7, 11) is 0. The van der Waals surface area contributed by atoms with Crippen molar-refractivity contribution in [1.29, 1.82) is 0 Å². The van der Waals surface area contributed by atoms with E-state index in [9.17, 15) is 4.79 Å². The molecule has 0 spiro atoms. The fourth-order valence-corrected chi connectivity index (χ4v) is 3.34. The second-order valence-corrected chi connectivity index (χ2v) is 6.27. The number of carbonyl (C=O) groups excluding carboxylic acids is 1. The maximum atomic E-state index is 12.5. The van der Waals surface area contributed by atoms with Gasteiger partial charge in [0.1, 0.15) is 0 Å². The van der Waals surface area contributed by atoms with E-state index in [4.69, 9.17) is 0 Å². The Hall–Kier alpha value is -0.570. The van der Waals surface area contributed by atoms with Gasteiger partial charge >= 0.3 is 0 Å². The third-order valence-electron chi connectivity index (χ3n) is 4.14. The summed E-state index contributed by atoms with van der Waals surface area (Å²) in [6.45, 7) is 7.08. The van der Waals surface area contributed by atoms with Crippen LogP contribution in [-0.4, -0.2) is 35.0 Å². The van der Waals surface area contributed by atoms with Crippen LogP contribution >= 0.6 is 0 Å². The maximum Gasteiger partial charge on any atom is 0.242 e. The first-order valence-corrected chi connectivity index (χ1v) is 7.09. The topological polar surface area (TPSA) is 32.3 Å². The average Bonchev–Trinajstić information content (AvgIpc) is 2.51. The van der Waals surface area contributed by atoms with E-state index >= 15 is 0 Å². The van der Waals surface area contributed by atoms with E-state index in [1.54, 1.807) is 0 Å². The highest BCUT2D eigenvalue weighted by atomic mass is 16.2. The molecule has 1 aliphatic carbocycles. The van der Waals surface area contributed by atoms with Gasteiger partial charge in [0.2, 0.25) is 5.91 Å². The highest BCUT2D eigenvalue weighted by Gasteiger charge is 2.40. The summed E-state index contributed by atoms with van der Waals surface area (Å²) in [6.07, 6.45) is 7.67. The first kappa shape index (κ1) is 12.9. The second-order valence-electron chi connectivity index (χ2n) is 6.27. The number of nitrogens with zero attached hydrogens (tertiary/aromatic N) is 1. The molecule has 1 N–H and O–H groups in total. The van der Waals surface area contributed by atoms with Crippen LogP contribution in [0.25, 0.3) is 0 Å². The van der Waals surface area contributed by atoms with Gasteiger partial charge in [-0.15, -0.1) is 0 Å². The van der Waals surface area contributed by atoms with Gasteiger partial charge in [0, 0.05) is 18.6 Å². The molecule has 1 saturated carbocycles. The zero-order valence-electron chi connectivity index (χ0n) is 11.5. The van der Waals surface area contributed by atoms with Crippen molar-refractivity contribution in [3.05, 3.63) is 0 Å². The maximum absolute atomic E-state index is 12.5. The van der Waals surface area contributed by atoms with Crippen molar-refractivity contribution in [2.24, 2.45) is 0 Å². The van der Waals surface area contributed by atoms with Crippen LogP contribution < -0.4 is 5.32 Å². The van der Waals surface area contributed by atoms with E-state index in [2.05, 4.69) is 17.1 Å². The van der Waals surface area contributed by atoms with Gasteiger partial charge in [-0.05, 0) is 33.6 Å². The number of nitrogens with one attached hydrogen (secondary N) is 1. The van der Waals surface area contributed by atoms with Gasteiger partial charge in [-0.1, -0.05) is 25.7 Å². The summed E-state index contributed by atoms with van der Waals surface area (Å²) >= 11 is 0. The Bertz CT molecular complexity index is 280. The SMILES string of the molecule is CC1CN(C2CCCCCC2)C(=O)C(C)(C)N1. The number of hydrogen-bond donors (Lipinski definition) is 1. The average molecular weight is 238 g/mol. The Morgan fingerprint density at radius 2 is 1.76 bits per heavy atom. The van der Waals surface area contributed by atoms with Crippen LogP contribution in [0.1, 0.15) is 59.3 Å². The van der Waals surface area contributed by atoms with Gasteiger partial charge in [0.25, 0.3) is 0 Å². The smallest absolute Gasteiger partial charge is 0.242 e. The first-order chi connectivity index (χ1) is 8.00. The van der Waals surface area contributed by atoms with Crippen molar-refractivity contribution in [3.8, 4) is 0 Å². The lowest BCUT2D eigenvalue weighted by Gasteiger charge is -2.45. The predicted octanol–water partition coefficient (Wildman–Crippen LogP) is 2.31. The summed E-state index contributed by atoms with van der Waals surface area (Å²) in [5.74, 6) is 0.294. The van der Waals surface area contributed by atoms with Crippen molar-refractivity contribution in [2.45, 2.75) is 76.9 Å². The number of rotatable bonds is 1. The van der Waals surface area contributed by atoms with Crippen LogP contribution in [-0.2, 0) is 4.79 Å². The van der Waals surface area contributed by atoms with E-state index in [0.717, 1.165) is 6.54 Å². The molecular formula is C14H26N2O. The lowest BCUT2D eigenvalue weighted by molar-refractivity contribution is -0.144. The normalized spacial score (nSPS) is 31.4. The molecule has 2 aliphatic rings. The predicted molar refractivity (Wildman–Crippen MR) is 69.9 cm³/mol. The van der Waals surface area contributed by atoms with E-state index in [-0.39, 0.29) is 5.54 Å². The van der Waals surface area contributed by atoms with Crippen LogP contribution in [0.4, 0.5) is 0 Å². The molecule has 1 aliphatic heterocycles. The number of carbonyl (C=O) groups is 1. The fourth-order valence-electron chi connectivity index (χ4n) is 3.34. The summed E-state index contributed by atoms with van der Waals surface area (Å²) in [6, 6.07) is 0.903. The lowest BCUT2D eigenvalue weighted by atomic mass is 9.94. The minimum Gasteiger partial charge on any atom is -0.337 e. The number of amides is 1. The van der Waals surface area contributed by atoms with Crippen molar-refractivity contribution >= 4 is 5.91 Å². The molecule has 1 atom stereocenters. The third-order valence-corrected chi connectivity index (χ3v) is 4.14. The minimum absolute atomic E-state index is 0.294. The quantitative estimate of drug-likeness (QED) is 0.711. The molecule has 1 heterocycles. The van der Waals surface area contributed by atoms with Crippen LogP contribution in [0.15, 0.2) is 0 Å².